The molecule has 0 atom stereocenters. The average Bonchev–Trinajstić information content (AvgIpc) is 2.97. The summed E-state index contributed by atoms with van der Waals surface area (Å²) in [5.74, 6) is 0.809. The molecule has 112 valence electrons. The van der Waals surface area contributed by atoms with E-state index in [1.807, 2.05) is 0 Å². The van der Waals surface area contributed by atoms with E-state index in [0.29, 0.717) is 18.0 Å². The lowest BCUT2D eigenvalue weighted by Crippen LogP contribution is -2.25. The van der Waals surface area contributed by atoms with E-state index in [2.05, 4.69) is 4.72 Å². The Morgan fingerprint density at radius 1 is 1.15 bits per heavy atom. The zero-order valence-electron chi connectivity index (χ0n) is 11.8. The van der Waals surface area contributed by atoms with Crippen LogP contribution >= 0.6 is 0 Å². The van der Waals surface area contributed by atoms with Crippen molar-refractivity contribution in [2.24, 2.45) is 11.7 Å². The summed E-state index contributed by atoms with van der Waals surface area (Å²) < 4.78 is 26.8. The van der Waals surface area contributed by atoms with Crippen LogP contribution in [0.3, 0.4) is 0 Å². The van der Waals surface area contributed by atoms with E-state index in [4.69, 9.17) is 5.73 Å². The van der Waals surface area contributed by atoms with Crippen molar-refractivity contribution < 1.29 is 8.42 Å². The Morgan fingerprint density at radius 3 is 2.40 bits per heavy atom. The standard InChI is InChI=1S/C15H24N2O2S/c16-12-14-7-9-15(10-8-14)20(18,19)17-11-3-6-13-4-1-2-5-13/h7-10,13,17H,1-6,11-12,16H2. The van der Waals surface area contributed by atoms with Gasteiger partial charge in [-0.3, -0.25) is 0 Å². The first-order valence-electron chi connectivity index (χ1n) is 7.40. The molecule has 2 rings (SSSR count). The van der Waals surface area contributed by atoms with Crippen LogP contribution in [0.1, 0.15) is 44.1 Å². The van der Waals surface area contributed by atoms with E-state index >= 15 is 0 Å². The normalized spacial score (nSPS) is 16.6. The first-order valence-corrected chi connectivity index (χ1v) is 8.89. The Morgan fingerprint density at radius 2 is 1.80 bits per heavy atom. The van der Waals surface area contributed by atoms with Crippen molar-refractivity contribution in [2.75, 3.05) is 6.54 Å². The minimum Gasteiger partial charge on any atom is -0.326 e. The van der Waals surface area contributed by atoms with Crippen molar-refractivity contribution in [1.29, 1.82) is 0 Å². The fraction of sp³-hybridized carbons (Fsp3) is 0.600. The van der Waals surface area contributed by atoms with Crippen LogP contribution in [-0.2, 0) is 16.6 Å². The Kier molecular flexibility index (Phi) is 5.57. The van der Waals surface area contributed by atoms with Crippen LogP contribution in [0.2, 0.25) is 0 Å². The van der Waals surface area contributed by atoms with Gasteiger partial charge >= 0.3 is 0 Å². The second-order valence-corrected chi connectivity index (χ2v) is 7.31. The quantitative estimate of drug-likeness (QED) is 0.759. The Balaban J connectivity index is 1.80. The maximum Gasteiger partial charge on any atom is 0.240 e. The smallest absolute Gasteiger partial charge is 0.240 e. The van der Waals surface area contributed by atoms with Gasteiger partial charge in [-0.1, -0.05) is 37.8 Å². The van der Waals surface area contributed by atoms with Crippen LogP contribution in [-0.4, -0.2) is 15.0 Å². The molecule has 1 aromatic rings. The fourth-order valence-electron chi connectivity index (χ4n) is 2.78. The molecular formula is C15H24N2O2S. The predicted molar refractivity (Wildman–Crippen MR) is 80.7 cm³/mol. The monoisotopic (exact) mass is 296 g/mol. The van der Waals surface area contributed by atoms with E-state index in [1.165, 1.54) is 25.7 Å². The molecule has 1 fully saturated rings. The summed E-state index contributed by atoms with van der Waals surface area (Å²) in [5.41, 5.74) is 6.44. The molecule has 1 saturated carbocycles. The molecule has 0 amide bonds. The summed E-state index contributed by atoms with van der Waals surface area (Å²) in [7, 11) is -3.37. The number of nitrogens with two attached hydrogens (primary N) is 1. The number of nitrogens with one attached hydrogen (secondary N) is 1. The van der Waals surface area contributed by atoms with Crippen LogP contribution in [0.25, 0.3) is 0 Å². The number of hydrogen-bond acceptors (Lipinski definition) is 3. The lowest BCUT2D eigenvalue weighted by Gasteiger charge is -2.10. The Labute approximate surface area is 121 Å². The third-order valence-electron chi connectivity index (χ3n) is 4.03. The molecule has 4 nitrogen and oxygen atoms in total. The van der Waals surface area contributed by atoms with Crippen LogP contribution in [0.5, 0.6) is 0 Å². The number of hydrogen-bond donors (Lipinski definition) is 2. The minimum atomic E-state index is -3.37. The lowest BCUT2D eigenvalue weighted by molar-refractivity contribution is 0.480. The SMILES string of the molecule is NCc1ccc(S(=O)(=O)NCCCC2CCCC2)cc1. The van der Waals surface area contributed by atoms with Gasteiger partial charge in [0.2, 0.25) is 10.0 Å². The largest absolute Gasteiger partial charge is 0.326 e. The second-order valence-electron chi connectivity index (χ2n) is 5.54. The topological polar surface area (TPSA) is 72.2 Å². The summed E-state index contributed by atoms with van der Waals surface area (Å²) in [5, 5.41) is 0. The van der Waals surface area contributed by atoms with Gasteiger partial charge in [0.05, 0.1) is 4.90 Å². The number of sulfonamides is 1. The maximum atomic E-state index is 12.1. The van der Waals surface area contributed by atoms with Crippen molar-refractivity contribution in [3.05, 3.63) is 29.8 Å². The van der Waals surface area contributed by atoms with Gasteiger partial charge in [0, 0.05) is 13.1 Å². The highest BCUT2D eigenvalue weighted by atomic mass is 32.2. The van der Waals surface area contributed by atoms with Gasteiger partial charge in [0.15, 0.2) is 0 Å². The van der Waals surface area contributed by atoms with E-state index < -0.39 is 10.0 Å². The molecule has 0 unspecified atom stereocenters. The van der Waals surface area contributed by atoms with Gasteiger partial charge in [0.1, 0.15) is 0 Å². The van der Waals surface area contributed by atoms with Crippen LogP contribution < -0.4 is 10.5 Å². The molecule has 0 spiro atoms. The van der Waals surface area contributed by atoms with E-state index in [9.17, 15) is 8.42 Å². The highest BCUT2D eigenvalue weighted by Crippen LogP contribution is 2.28. The predicted octanol–water partition coefficient (Wildman–Crippen LogP) is 2.39. The third-order valence-corrected chi connectivity index (χ3v) is 5.50. The van der Waals surface area contributed by atoms with E-state index in [0.717, 1.165) is 24.3 Å². The van der Waals surface area contributed by atoms with Gasteiger partial charge < -0.3 is 5.73 Å². The fourth-order valence-corrected chi connectivity index (χ4v) is 3.86. The summed E-state index contributed by atoms with van der Waals surface area (Å²) in [4.78, 5) is 0.315. The Bertz CT molecular complexity index is 505. The van der Waals surface area contributed by atoms with Crippen molar-refractivity contribution in [2.45, 2.75) is 50.0 Å². The number of rotatable bonds is 7. The highest BCUT2D eigenvalue weighted by Gasteiger charge is 2.16. The summed E-state index contributed by atoms with van der Waals surface area (Å²) in [6.07, 6.45) is 7.35. The molecule has 0 aliphatic heterocycles. The second kappa shape index (κ2) is 7.20. The van der Waals surface area contributed by atoms with Crippen molar-refractivity contribution >= 4 is 10.0 Å². The number of benzene rings is 1. The minimum absolute atomic E-state index is 0.315. The van der Waals surface area contributed by atoms with Gasteiger partial charge in [0.25, 0.3) is 0 Å². The van der Waals surface area contributed by atoms with Crippen molar-refractivity contribution in [1.82, 2.24) is 4.72 Å². The molecule has 5 heteroatoms. The maximum absolute atomic E-state index is 12.1. The van der Waals surface area contributed by atoms with Crippen LogP contribution in [0.15, 0.2) is 29.2 Å². The molecule has 3 N–H and O–H groups in total. The molecule has 0 heterocycles. The summed E-state index contributed by atoms with van der Waals surface area (Å²) in [6.45, 7) is 0.951. The molecule has 1 aliphatic carbocycles. The molecule has 0 aromatic heterocycles. The van der Waals surface area contributed by atoms with Gasteiger partial charge in [-0.25, -0.2) is 13.1 Å². The molecule has 0 bridgehead atoms. The van der Waals surface area contributed by atoms with Gasteiger partial charge in [-0.05, 0) is 36.5 Å². The average molecular weight is 296 g/mol. The van der Waals surface area contributed by atoms with Crippen LogP contribution in [0, 0.1) is 5.92 Å². The molecule has 0 radical (unpaired) electrons. The van der Waals surface area contributed by atoms with Gasteiger partial charge in [-0.2, -0.15) is 0 Å². The molecule has 1 aliphatic rings. The van der Waals surface area contributed by atoms with E-state index in [-0.39, 0.29) is 0 Å². The summed E-state index contributed by atoms with van der Waals surface area (Å²) in [6, 6.07) is 6.74. The molecular weight excluding hydrogens is 272 g/mol. The zero-order chi connectivity index (χ0) is 14.4. The lowest BCUT2D eigenvalue weighted by atomic mass is 10.0. The summed E-state index contributed by atoms with van der Waals surface area (Å²) >= 11 is 0. The third kappa shape index (κ3) is 4.30. The first kappa shape index (κ1) is 15.5. The van der Waals surface area contributed by atoms with Gasteiger partial charge in [-0.15, -0.1) is 0 Å². The van der Waals surface area contributed by atoms with Crippen LogP contribution in [0.4, 0.5) is 0 Å². The van der Waals surface area contributed by atoms with E-state index in [1.54, 1.807) is 24.3 Å². The van der Waals surface area contributed by atoms with Crippen molar-refractivity contribution in [3.8, 4) is 0 Å². The Hall–Kier alpha value is -0.910. The zero-order valence-corrected chi connectivity index (χ0v) is 12.7. The van der Waals surface area contributed by atoms with Crippen molar-refractivity contribution in [3.63, 3.8) is 0 Å². The highest BCUT2D eigenvalue weighted by molar-refractivity contribution is 7.89. The first-order chi connectivity index (χ1) is 9.62. The molecule has 20 heavy (non-hydrogen) atoms. The molecule has 0 saturated heterocycles. The molecule has 1 aromatic carbocycles.